The van der Waals surface area contributed by atoms with Crippen LogP contribution in [0.4, 0.5) is 0 Å². The van der Waals surface area contributed by atoms with Crippen LogP contribution in [0, 0.1) is 6.92 Å². The summed E-state index contributed by atoms with van der Waals surface area (Å²) in [6, 6.07) is 5.64. The molecule has 6 rings (SSSR count). The average Bonchev–Trinajstić information content (AvgIpc) is 3.50. The number of nitrogens with zero attached hydrogens (tertiary/aromatic N) is 6. The Morgan fingerprint density at radius 3 is 2.65 bits per heavy atom. The van der Waals surface area contributed by atoms with Gasteiger partial charge < -0.3 is 14.7 Å². The van der Waals surface area contributed by atoms with Crippen molar-refractivity contribution in [3.05, 3.63) is 67.4 Å². The van der Waals surface area contributed by atoms with E-state index in [-0.39, 0.29) is 5.75 Å². The summed E-state index contributed by atoms with van der Waals surface area (Å²) >= 11 is 0. The van der Waals surface area contributed by atoms with E-state index in [9.17, 15) is 5.11 Å². The summed E-state index contributed by atoms with van der Waals surface area (Å²) in [5, 5.41) is 19.2. The first kappa shape index (κ1) is 17.3. The Kier molecular flexibility index (Phi) is 3.63. The zero-order valence-electron chi connectivity index (χ0n) is 16.4. The molecule has 150 valence electrons. The predicted molar refractivity (Wildman–Crippen MR) is 116 cm³/mol. The van der Waals surface area contributed by atoms with Gasteiger partial charge in [-0.3, -0.25) is 20.1 Å². The van der Waals surface area contributed by atoms with Gasteiger partial charge in [0.25, 0.3) is 0 Å². The van der Waals surface area contributed by atoms with E-state index in [4.69, 9.17) is 0 Å². The molecule has 0 saturated carbocycles. The number of aromatic amines is 2. The highest BCUT2D eigenvalue weighted by atomic mass is 16.3. The predicted octanol–water partition coefficient (Wildman–Crippen LogP) is 3.76. The van der Waals surface area contributed by atoms with Crippen LogP contribution in [0.1, 0.15) is 5.69 Å². The molecule has 0 fully saturated rings. The molecule has 0 radical (unpaired) electrons. The van der Waals surface area contributed by atoms with E-state index in [2.05, 4.69) is 41.2 Å². The lowest BCUT2D eigenvalue weighted by molar-refractivity contribution is 0.473. The first-order chi connectivity index (χ1) is 15.2. The molecule has 0 aliphatic heterocycles. The van der Waals surface area contributed by atoms with Crippen LogP contribution in [-0.4, -0.2) is 44.8 Å². The van der Waals surface area contributed by atoms with E-state index in [1.165, 1.54) is 6.20 Å². The molecule has 0 atom stereocenters. The Morgan fingerprint density at radius 2 is 1.81 bits per heavy atom. The van der Waals surface area contributed by atoms with Crippen LogP contribution in [0.5, 0.6) is 5.75 Å². The minimum atomic E-state index is 0.0946. The highest BCUT2D eigenvalue weighted by molar-refractivity contribution is 5.98. The van der Waals surface area contributed by atoms with Crippen LogP contribution in [-0.2, 0) is 0 Å². The maximum absolute atomic E-state index is 9.76. The Morgan fingerprint density at radius 1 is 0.903 bits per heavy atom. The lowest BCUT2D eigenvalue weighted by Gasteiger charge is -2.02. The normalized spacial score (nSPS) is 11.5. The zero-order valence-corrected chi connectivity index (χ0v) is 16.4. The third-order valence-electron chi connectivity index (χ3n) is 5.24. The first-order valence-corrected chi connectivity index (χ1v) is 9.62. The smallest absolute Gasteiger partial charge is 0.134 e. The maximum Gasteiger partial charge on any atom is 0.134 e. The van der Waals surface area contributed by atoms with Gasteiger partial charge in [-0.25, -0.2) is 4.98 Å². The molecule has 6 heterocycles. The summed E-state index contributed by atoms with van der Waals surface area (Å²) < 4.78 is 1.96. The number of imidazole rings is 1. The summed E-state index contributed by atoms with van der Waals surface area (Å²) in [4.78, 5) is 20.6. The van der Waals surface area contributed by atoms with Gasteiger partial charge in [-0.2, -0.15) is 5.10 Å². The molecule has 6 aromatic heterocycles. The highest BCUT2D eigenvalue weighted by Gasteiger charge is 2.15. The van der Waals surface area contributed by atoms with Crippen LogP contribution in [0.3, 0.4) is 0 Å². The summed E-state index contributed by atoms with van der Waals surface area (Å²) in [6.45, 7) is 1.95. The lowest BCUT2D eigenvalue weighted by atomic mass is 10.1. The second kappa shape index (κ2) is 6.49. The molecule has 3 N–H and O–H groups in total. The van der Waals surface area contributed by atoms with Crippen molar-refractivity contribution in [2.45, 2.75) is 6.92 Å². The van der Waals surface area contributed by atoms with Gasteiger partial charge in [-0.15, -0.1) is 0 Å². The van der Waals surface area contributed by atoms with Gasteiger partial charge in [-0.05, 0) is 25.1 Å². The summed E-state index contributed by atoms with van der Waals surface area (Å²) in [5.41, 5.74) is 6.66. The molecule has 31 heavy (non-hydrogen) atoms. The van der Waals surface area contributed by atoms with Crippen LogP contribution in [0.15, 0.2) is 61.7 Å². The van der Waals surface area contributed by atoms with Crippen molar-refractivity contribution in [2.75, 3.05) is 0 Å². The van der Waals surface area contributed by atoms with Crippen LogP contribution in [0.2, 0.25) is 0 Å². The SMILES string of the molecule is Cc1cn(-c2cncc3[nH]c(-c4n[nH]c5cnc(-c6cncc(O)c6)cc45)cc23)cn1. The van der Waals surface area contributed by atoms with E-state index < -0.39 is 0 Å². The molecule has 0 aliphatic carbocycles. The Balaban J connectivity index is 1.51. The number of H-pyrrole nitrogens is 2. The molecule has 0 aromatic carbocycles. The van der Waals surface area contributed by atoms with E-state index in [1.54, 1.807) is 31.0 Å². The third kappa shape index (κ3) is 2.83. The van der Waals surface area contributed by atoms with E-state index in [1.807, 2.05) is 30.0 Å². The van der Waals surface area contributed by atoms with Crippen molar-refractivity contribution >= 4 is 21.8 Å². The fourth-order valence-corrected chi connectivity index (χ4v) is 3.77. The van der Waals surface area contributed by atoms with Crippen LogP contribution < -0.4 is 0 Å². The summed E-state index contributed by atoms with van der Waals surface area (Å²) in [6.07, 6.45) is 12.2. The molecule has 0 spiro atoms. The van der Waals surface area contributed by atoms with Gasteiger partial charge in [0, 0.05) is 28.7 Å². The highest BCUT2D eigenvalue weighted by Crippen LogP contribution is 2.32. The number of aryl methyl sites for hydroxylation is 1. The quantitative estimate of drug-likeness (QED) is 0.410. The molecular weight excluding hydrogens is 392 g/mol. The molecule has 9 heteroatoms. The van der Waals surface area contributed by atoms with E-state index in [0.29, 0.717) is 5.69 Å². The second-order valence-electron chi connectivity index (χ2n) is 7.34. The molecule has 0 unspecified atom stereocenters. The monoisotopic (exact) mass is 408 g/mol. The minimum absolute atomic E-state index is 0.0946. The number of aromatic nitrogens is 8. The number of nitrogens with one attached hydrogen (secondary N) is 2. The standard InChI is InChI=1S/C22H16N8O/c1-12-10-30(11-26-12)21-9-24-7-19-15(21)3-18(27-19)22-16-4-17(25-8-20(16)28-29-22)13-2-14(31)6-23-5-13/h2-11,27,31H,1H3,(H,28,29). The van der Waals surface area contributed by atoms with Gasteiger partial charge in [0.05, 0.1) is 64.9 Å². The second-order valence-corrected chi connectivity index (χ2v) is 7.34. The van der Waals surface area contributed by atoms with Gasteiger partial charge in [-0.1, -0.05) is 0 Å². The van der Waals surface area contributed by atoms with Crippen molar-refractivity contribution in [1.82, 2.24) is 39.7 Å². The number of hydrogen-bond donors (Lipinski definition) is 3. The van der Waals surface area contributed by atoms with E-state index in [0.717, 1.165) is 50.1 Å². The van der Waals surface area contributed by atoms with Crippen molar-refractivity contribution in [3.8, 4) is 34.1 Å². The molecule has 0 saturated heterocycles. The van der Waals surface area contributed by atoms with Crippen molar-refractivity contribution in [2.24, 2.45) is 0 Å². The molecule has 6 aromatic rings. The number of aromatic hydroxyl groups is 1. The van der Waals surface area contributed by atoms with Crippen molar-refractivity contribution < 1.29 is 5.11 Å². The van der Waals surface area contributed by atoms with Crippen LogP contribution >= 0.6 is 0 Å². The fourth-order valence-electron chi connectivity index (χ4n) is 3.77. The van der Waals surface area contributed by atoms with Gasteiger partial charge in [0.15, 0.2) is 0 Å². The first-order valence-electron chi connectivity index (χ1n) is 9.62. The lowest BCUT2D eigenvalue weighted by Crippen LogP contribution is -1.91. The molecule has 0 bridgehead atoms. The Labute approximate surface area is 175 Å². The molecule has 0 amide bonds. The Bertz CT molecular complexity index is 1580. The van der Waals surface area contributed by atoms with E-state index >= 15 is 0 Å². The number of rotatable bonds is 3. The van der Waals surface area contributed by atoms with Gasteiger partial charge in [0.1, 0.15) is 11.4 Å². The molecular formula is C22H16N8O. The van der Waals surface area contributed by atoms with Crippen LogP contribution in [0.25, 0.3) is 50.1 Å². The Hall–Kier alpha value is -4.53. The zero-order chi connectivity index (χ0) is 20.9. The fraction of sp³-hybridized carbons (Fsp3) is 0.0455. The van der Waals surface area contributed by atoms with Crippen molar-refractivity contribution in [1.29, 1.82) is 0 Å². The van der Waals surface area contributed by atoms with Gasteiger partial charge >= 0.3 is 0 Å². The topological polar surface area (TPSA) is 121 Å². The molecule has 9 nitrogen and oxygen atoms in total. The largest absolute Gasteiger partial charge is 0.506 e. The minimum Gasteiger partial charge on any atom is -0.506 e. The van der Waals surface area contributed by atoms with Crippen molar-refractivity contribution in [3.63, 3.8) is 0 Å². The average molecular weight is 408 g/mol. The number of fused-ring (bicyclic) bond motifs is 2. The third-order valence-corrected chi connectivity index (χ3v) is 5.24. The summed E-state index contributed by atoms with van der Waals surface area (Å²) in [5.74, 6) is 0.0946. The number of hydrogen-bond acceptors (Lipinski definition) is 6. The maximum atomic E-state index is 9.76. The molecule has 0 aliphatic rings. The van der Waals surface area contributed by atoms with Gasteiger partial charge in [0.2, 0.25) is 0 Å². The number of pyridine rings is 3. The summed E-state index contributed by atoms with van der Waals surface area (Å²) in [7, 11) is 0.